The van der Waals surface area contributed by atoms with Crippen LogP contribution in [0.1, 0.15) is 18.0 Å². The molecule has 0 spiro atoms. The van der Waals surface area contributed by atoms with Gasteiger partial charge in [0.1, 0.15) is 5.82 Å². The SMILES string of the molecule is O=C(CN1CCNCC1c1cccc(F)c1)NCC1CCN(c2ccccc2)C1. The molecule has 5 nitrogen and oxygen atoms in total. The van der Waals surface area contributed by atoms with Crippen LogP contribution in [0, 0.1) is 11.7 Å². The predicted molar refractivity (Wildman–Crippen MR) is 113 cm³/mol. The van der Waals surface area contributed by atoms with Crippen molar-refractivity contribution in [3.05, 3.63) is 66.0 Å². The van der Waals surface area contributed by atoms with Gasteiger partial charge in [0.25, 0.3) is 0 Å². The van der Waals surface area contributed by atoms with E-state index in [2.05, 4.69) is 44.7 Å². The van der Waals surface area contributed by atoms with Gasteiger partial charge in [-0.15, -0.1) is 0 Å². The van der Waals surface area contributed by atoms with Crippen LogP contribution < -0.4 is 15.5 Å². The fraction of sp³-hybridized carbons (Fsp3) is 0.435. The zero-order chi connectivity index (χ0) is 20.1. The van der Waals surface area contributed by atoms with Crippen LogP contribution in [0.15, 0.2) is 54.6 Å². The van der Waals surface area contributed by atoms with Crippen LogP contribution in [-0.2, 0) is 4.79 Å². The van der Waals surface area contributed by atoms with Gasteiger partial charge in [0.2, 0.25) is 5.91 Å². The molecule has 154 valence electrons. The lowest BCUT2D eigenvalue weighted by Gasteiger charge is -2.36. The summed E-state index contributed by atoms with van der Waals surface area (Å²) in [6.45, 7) is 5.41. The van der Waals surface area contributed by atoms with Gasteiger partial charge in [0.05, 0.1) is 6.54 Å². The fourth-order valence-corrected chi connectivity index (χ4v) is 4.35. The maximum atomic E-state index is 13.6. The van der Waals surface area contributed by atoms with Gasteiger partial charge in [-0.05, 0) is 42.2 Å². The average Bonchev–Trinajstić information content (AvgIpc) is 3.22. The van der Waals surface area contributed by atoms with E-state index in [1.165, 1.54) is 11.8 Å². The van der Waals surface area contributed by atoms with E-state index in [-0.39, 0.29) is 17.8 Å². The Morgan fingerprint density at radius 1 is 1.14 bits per heavy atom. The Morgan fingerprint density at radius 2 is 2.00 bits per heavy atom. The third kappa shape index (κ3) is 5.14. The van der Waals surface area contributed by atoms with Gasteiger partial charge in [0.15, 0.2) is 0 Å². The number of nitrogens with one attached hydrogen (secondary N) is 2. The zero-order valence-corrected chi connectivity index (χ0v) is 16.7. The first-order valence-electron chi connectivity index (χ1n) is 10.5. The summed E-state index contributed by atoms with van der Waals surface area (Å²) in [5.74, 6) is 0.286. The third-order valence-electron chi connectivity index (χ3n) is 5.93. The largest absolute Gasteiger partial charge is 0.371 e. The van der Waals surface area contributed by atoms with Crippen LogP contribution in [0.25, 0.3) is 0 Å². The van der Waals surface area contributed by atoms with E-state index < -0.39 is 0 Å². The Hall–Kier alpha value is -2.44. The first-order valence-corrected chi connectivity index (χ1v) is 10.5. The van der Waals surface area contributed by atoms with Crippen LogP contribution in [0.5, 0.6) is 0 Å². The van der Waals surface area contributed by atoms with E-state index in [1.807, 2.05) is 12.1 Å². The molecule has 0 aliphatic carbocycles. The molecule has 0 bridgehead atoms. The highest BCUT2D eigenvalue weighted by atomic mass is 19.1. The molecule has 2 unspecified atom stereocenters. The Morgan fingerprint density at radius 3 is 2.83 bits per heavy atom. The second-order valence-corrected chi connectivity index (χ2v) is 7.99. The maximum Gasteiger partial charge on any atom is 0.234 e. The van der Waals surface area contributed by atoms with Crippen molar-refractivity contribution >= 4 is 11.6 Å². The van der Waals surface area contributed by atoms with Crippen LogP contribution in [0.3, 0.4) is 0 Å². The number of nitrogens with zero attached hydrogens (tertiary/aromatic N) is 2. The molecule has 2 atom stereocenters. The highest BCUT2D eigenvalue weighted by Gasteiger charge is 2.27. The molecule has 4 rings (SSSR count). The van der Waals surface area contributed by atoms with Crippen LogP contribution in [0.4, 0.5) is 10.1 Å². The van der Waals surface area contributed by atoms with Crippen molar-refractivity contribution in [1.82, 2.24) is 15.5 Å². The lowest BCUT2D eigenvalue weighted by atomic mass is 10.0. The van der Waals surface area contributed by atoms with E-state index in [4.69, 9.17) is 0 Å². The molecule has 2 aromatic rings. The summed E-state index contributed by atoms with van der Waals surface area (Å²) in [7, 11) is 0. The summed E-state index contributed by atoms with van der Waals surface area (Å²) in [4.78, 5) is 17.1. The lowest BCUT2D eigenvalue weighted by Crippen LogP contribution is -2.50. The summed E-state index contributed by atoms with van der Waals surface area (Å²) >= 11 is 0. The summed E-state index contributed by atoms with van der Waals surface area (Å²) in [6.07, 6.45) is 1.09. The smallest absolute Gasteiger partial charge is 0.234 e. The molecule has 2 aliphatic heterocycles. The molecule has 2 aromatic carbocycles. The molecule has 2 saturated heterocycles. The monoisotopic (exact) mass is 396 g/mol. The van der Waals surface area contributed by atoms with Crippen molar-refractivity contribution in [2.45, 2.75) is 12.5 Å². The molecule has 6 heteroatoms. The van der Waals surface area contributed by atoms with Gasteiger partial charge >= 0.3 is 0 Å². The van der Waals surface area contributed by atoms with E-state index in [9.17, 15) is 9.18 Å². The molecule has 2 aliphatic rings. The summed E-state index contributed by atoms with van der Waals surface area (Å²) in [6, 6.07) is 17.1. The molecule has 29 heavy (non-hydrogen) atoms. The van der Waals surface area contributed by atoms with Crippen molar-refractivity contribution in [1.29, 1.82) is 0 Å². The number of amides is 1. The zero-order valence-electron chi connectivity index (χ0n) is 16.7. The van der Waals surface area contributed by atoms with Gasteiger partial charge < -0.3 is 15.5 Å². The van der Waals surface area contributed by atoms with Gasteiger partial charge in [-0.2, -0.15) is 0 Å². The molecule has 0 saturated carbocycles. The summed E-state index contributed by atoms with van der Waals surface area (Å²) in [5, 5.41) is 6.48. The standard InChI is InChI=1S/C23H29FN4O/c24-20-6-4-5-19(13-20)22-15-25-10-12-28(22)17-23(29)26-14-18-9-11-27(16-18)21-7-2-1-3-8-21/h1-8,13,18,22,25H,9-12,14-17H2,(H,26,29). The first-order chi connectivity index (χ1) is 14.2. The Bertz CT molecular complexity index is 816. The van der Waals surface area contributed by atoms with Gasteiger partial charge in [-0.25, -0.2) is 4.39 Å². The lowest BCUT2D eigenvalue weighted by molar-refractivity contribution is -0.123. The van der Waals surface area contributed by atoms with Crippen LogP contribution in [-0.4, -0.2) is 56.6 Å². The van der Waals surface area contributed by atoms with E-state index in [0.29, 0.717) is 19.0 Å². The van der Waals surface area contributed by atoms with Crippen LogP contribution >= 0.6 is 0 Å². The number of piperazine rings is 1. The number of benzene rings is 2. The third-order valence-corrected chi connectivity index (χ3v) is 5.93. The van der Waals surface area contributed by atoms with Gasteiger partial charge in [-0.3, -0.25) is 9.69 Å². The Labute approximate surface area is 171 Å². The predicted octanol–water partition coefficient (Wildman–Crippen LogP) is 2.41. The van der Waals surface area contributed by atoms with E-state index in [1.54, 1.807) is 12.1 Å². The number of para-hydroxylation sites is 1. The number of anilines is 1. The molecule has 2 fully saturated rings. The highest BCUT2D eigenvalue weighted by molar-refractivity contribution is 5.78. The van der Waals surface area contributed by atoms with Crippen molar-refractivity contribution in [2.24, 2.45) is 5.92 Å². The minimum Gasteiger partial charge on any atom is -0.371 e. The number of hydrogen-bond donors (Lipinski definition) is 2. The molecule has 0 radical (unpaired) electrons. The molecular formula is C23H29FN4O. The van der Waals surface area contributed by atoms with Crippen molar-refractivity contribution in [2.75, 3.05) is 50.7 Å². The minimum atomic E-state index is -0.235. The molecular weight excluding hydrogens is 367 g/mol. The Kier molecular flexibility index (Phi) is 6.42. The van der Waals surface area contributed by atoms with Crippen molar-refractivity contribution < 1.29 is 9.18 Å². The number of carbonyl (C=O) groups excluding carboxylic acids is 1. The number of carbonyl (C=O) groups is 1. The molecule has 1 amide bonds. The first kappa shape index (κ1) is 19.9. The van der Waals surface area contributed by atoms with Crippen molar-refractivity contribution in [3.63, 3.8) is 0 Å². The number of rotatable bonds is 6. The minimum absolute atomic E-state index is 0.0188. The molecule has 0 aromatic heterocycles. The quantitative estimate of drug-likeness (QED) is 0.787. The van der Waals surface area contributed by atoms with E-state index >= 15 is 0 Å². The molecule has 2 heterocycles. The van der Waals surface area contributed by atoms with E-state index in [0.717, 1.165) is 44.7 Å². The van der Waals surface area contributed by atoms with Gasteiger partial charge in [0, 0.05) is 51.0 Å². The average molecular weight is 397 g/mol. The summed E-state index contributed by atoms with van der Waals surface area (Å²) in [5.41, 5.74) is 2.17. The second-order valence-electron chi connectivity index (χ2n) is 7.99. The van der Waals surface area contributed by atoms with Gasteiger partial charge in [-0.1, -0.05) is 30.3 Å². The Balaban J connectivity index is 1.28. The van der Waals surface area contributed by atoms with Crippen molar-refractivity contribution in [3.8, 4) is 0 Å². The topological polar surface area (TPSA) is 47.6 Å². The number of halogens is 1. The highest BCUT2D eigenvalue weighted by Crippen LogP contribution is 2.24. The normalized spacial score (nSPS) is 22.6. The fourth-order valence-electron chi connectivity index (χ4n) is 4.35. The van der Waals surface area contributed by atoms with Crippen LogP contribution in [0.2, 0.25) is 0 Å². The maximum absolute atomic E-state index is 13.6. The second kappa shape index (κ2) is 9.37. The summed E-state index contributed by atoms with van der Waals surface area (Å²) < 4.78 is 13.6. The number of hydrogen-bond acceptors (Lipinski definition) is 4. The molecule has 2 N–H and O–H groups in total.